The lowest BCUT2D eigenvalue weighted by atomic mass is 10.0. The largest absolute Gasteiger partial charge is 0.462 e. The van der Waals surface area contributed by atoms with Gasteiger partial charge in [0.05, 0.1) is 0 Å². The summed E-state index contributed by atoms with van der Waals surface area (Å²) in [6.45, 7) is 12.5. The standard InChI is InChI=1S/C9H18N2.C5H10O2/c1-2-4-11(5-3-1)8-9-6-10-7-9;1-5(2,3)7-4-6/h9-10H,1-8H2;4H,1-3H3. The molecule has 0 unspecified atom stereocenters. The Morgan fingerprint density at radius 3 is 2.17 bits per heavy atom. The van der Waals surface area contributed by atoms with Crippen molar-refractivity contribution < 1.29 is 9.53 Å². The first-order valence-corrected chi connectivity index (χ1v) is 7.06. The van der Waals surface area contributed by atoms with Gasteiger partial charge in [-0.05, 0) is 52.6 Å². The molecule has 4 heteroatoms. The SMILES string of the molecule is C1CCN(CC2CNC2)CC1.CC(C)(C)OC=O. The number of nitrogens with one attached hydrogen (secondary N) is 1. The van der Waals surface area contributed by atoms with E-state index in [1.807, 2.05) is 20.8 Å². The minimum absolute atomic E-state index is 0.318. The topological polar surface area (TPSA) is 41.6 Å². The summed E-state index contributed by atoms with van der Waals surface area (Å²) in [4.78, 5) is 12.2. The van der Waals surface area contributed by atoms with Crippen LogP contribution in [0.1, 0.15) is 40.0 Å². The number of nitrogens with zero attached hydrogens (tertiary/aromatic N) is 1. The quantitative estimate of drug-likeness (QED) is 0.780. The Bertz CT molecular complexity index is 228. The Hall–Kier alpha value is -0.610. The van der Waals surface area contributed by atoms with E-state index in [2.05, 4.69) is 15.0 Å². The Kier molecular flexibility index (Phi) is 6.65. The van der Waals surface area contributed by atoms with Crippen molar-refractivity contribution in [3.05, 3.63) is 0 Å². The minimum Gasteiger partial charge on any atom is -0.462 e. The van der Waals surface area contributed by atoms with Gasteiger partial charge in [-0.25, -0.2) is 0 Å². The lowest BCUT2D eigenvalue weighted by Gasteiger charge is -2.35. The van der Waals surface area contributed by atoms with Crippen LogP contribution in [0.3, 0.4) is 0 Å². The first-order chi connectivity index (χ1) is 8.51. The summed E-state index contributed by atoms with van der Waals surface area (Å²) < 4.78 is 4.55. The van der Waals surface area contributed by atoms with E-state index >= 15 is 0 Å². The zero-order chi connectivity index (χ0) is 13.4. The zero-order valence-electron chi connectivity index (χ0n) is 12.1. The van der Waals surface area contributed by atoms with Crippen LogP contribution in [-0.4, -0.2) is 49.7 Å². The molecule has 2 aliphatic heterocycles. The molecular weight excluding hydrogens is 228 g/mol. The first-order valence-electron chi connectivity index (χ1n) is 7.06. The van der Waals surface area contributed by atoms with Crippen molar-refractivity contribution in [3.8, 4) is 0 Å². The van der Waals surface area contributed by atoms with Gasteiger partial charge in [0.2, 0.25) is 0 Å². The molecule has 2 aliphatic rings. The van der Waals surface area contributed by atoms with Crippen molar-refractivity contribution >= 4 is 6.47 Å². The number of ether oxygens (including phenoxy) is 1. The fourth-order valence-corrected chi connectivity index (χ4v) is 2.13. The van der Waals surface area contributed by atoms with Crippen molar-refractivity contribution in [2.45, 2.75) is 45.6 Å². The molecular formula is C14H28N2O2. The number of hydrogen-bond acceptors (Lipinski definition) is 4. The highest BCUT2D eigenvalue weighted by atomic mass is 16.5. The van der Waals surface area contributed by atoms with Crippen molar-refractivity contribution in [3.63, 3.8) is 0 Å². The normalized spacial score (nSPS) is 21.5. The van der Waals surface area contributed by atoms with Gasteiger partial charge in [0, 0.05) is 19.6 Å². The molecule has 0 bridgehead atoms. The fourth-order valence-electron chi connectivity index (χ4n) is 2.13. The Morgan fingerprint density at radius 2 is 1.83 bits per heavy atom. The van der Waals surface area contributed by atoms with Crippen molar-refractivity contribution in [2.24, 2.45) is 5.92 Å². The molecule has 0 aliphatic carbocycles. The van der Waals surface area contributed by atoms with Crippen LogP contribution in [0.4, 0.5) is 0 Å². The second-order valence-electron chi connectivity index (χ2n) is 6.21. The predicted octanol–water partition coefficient (Wildman–Crippen LogP) is 1.65. The van der Waals surface area contributed by atoms with Crippen LogP contribution in [0.15, 0.2) is 0 Å². The van der Waals surface area contributed by atoms with Crippen LogP contribution in [0.2, 0.25) is 0 Å². The molecule has 4 nitrogen and oxygen atoms in total. The smallest absolute Gasteiger partial charge is 0.293 e. The Balaban J connectivity index is 0.000000203. The summed E-state index contributed by atoms with van der Waals surface area (Å²) in [5.74, 6) is 0.966. The van der Waals surface area contributed by atoms with Crippen LogP contribution in [-0.2, 0) is 9.53 Å². The third-order valence-electron chi connectivity index (χ3n) is 3.23. The molecule has 2 fully saturated rings. The zero-order valence-corrected chi connectivity index (χ0v) is 12.1. The number of hydrogen-bond donors (Lipinski definition) is 1. The summed E-state index contributed by atoms with van der Waals surface area (Å²) in [6.07, 6.45) is 4.32. The summed E-state index contributed by atoms with van der Waals surface area (Å²) in [7, 11) is 0. The van der Waals surface area contributed by atoms with Gasteiger partial charge in [-0.15, -0.1) is 0 Å². The fraction of sp³-hybridized carbons (Fsp3) is 0.929. The molecule has 0 spiro atoms. The van der Waals surface area contributed by atoms with Gasteiger partial charge < -0.3 is 15.0 Å². The number of carbonyl (C=O) groups is 1. The van der Waals surface area contributed by atoms with Gasteiger partial charge in [-0.1, -0.05) is 6.42 Å². The van der Waals surface area contributed by atoms with Gasteiger partial charge in [-0.3, -0.25) is 4.79 Å². The summed E-state index contributed by atoms with van der Waals surface area (Å²) in [6, 6.07) is 0. The Labute approximate surface area is 111 Å². The third-order valence-corrected chi connectivity index (χ3v) is 3.23. The molecule has 2 rings (SSSR count). The molecule has 0 saturated carbocycles. The van der Waals surface area contributed by atoms with Gasteiger partial charge in [0.15, 0.2) is 0 Å². The molecule has 2 heterocycles. The van der Waals surface area contributed by atoms with Gasteiger partial charge in [0.25, 0.3) is 6.47 Å². The highest BCUT2D eigenvalue weighted by Gasteiger charge is 2.20. The summed E-state index contributed by atoms with van der Waals surface area (Å²) in [5.41, 5.74) is -0.318. The average Bonchev–Trinajstić information content (AvgIpc) is 2.24. The first kappa shape index (κ1) is 15.4. The highest BCUT2D eigenvalue weighted by Crippen LogP contribution is 2.12. The van der Waals surface area contributed by atoms with E-state index < -0.39 is 0 Å². The van der Waals surface area contributed by atoms with Crippen molar-refractivity contribution in [1.29, 1.82) is 0 Å². The van der Waals surface area contributed by atoms with Crippen LogP contribution < -0.4 is 5.32 Å². The summed E-state index contributed by atoms with van der Waals surface area (Å²) >= 11 is 0. The predicted molar refractivity (Wildman–Crippen MR) is 73.6 cm³/mol. The number of likely N-dealkylation sites (tertiary alicyclic amines) is 1. The third kappa shape index (κ3) is 6.97. The minimum atomic E-state index is -0.318. The van der Waals surface area contributed by atoms with E-state index in [-0.39, 0.29) is 5.60 Å². The van der Waals surface area contributed by atoms with Gasteiger partial charge in [0.1, 0.15) is 5.60 Å². The molecule has 0 amide bonds. The average molecular weight is 256 g/mol. The van der Waals surface area contributed by atoms with Crippen molar-refractivity contribution in [2.75, 3.05) is 32.7 Å². The second-order valence-corrected chi connectivity index (χ2v) is 6.21. The van der Waals surface area contributed by atoms with Crippen LogP contribution in [0, 0.1) is 5.92 Å². The van der Waals surface area contributed by atoms with E-state index in [0.29, 0.717) is 6.47 Å². The van der Waals surface area contributed by atoms with E-state index in [1.165, 1.54) is 52.0 Å². The monoisotopic (exact) mass is 256 g/mol. The summed E-state index contributed by atoms with van der Waals surface area (Å²) in [5, 5.41) is 3.32. The second kappa shape index (κ2) is 7.74. The molecule has 106 valence electrons. The highest BCUT2D eigenvalue weighted by molar-refractivity contribution is 5.37. The lowest BCUT2D eigenvalue weighted by molar-refractivity contribution is -0.138. The molecule has 18 heavy (non-hydrogen) atoms. The Morgan fingerprint density at radius 1 is 1.22 bits per heavy atom. The van der Waals surface area contributed by atoms with E-state index in [0.717, 1.165) is 5.92 Å². The van der Waals surface area contributed by atoms with E-state index in [9.17, 15) is 4.79 Å². The van der Waals surface area contributed by atoms with E-state index in [1.54, 1.807) is 0 Å². The van der Waals surface area contributed by atoms with Crippen LogP contribution in [0.25, 0.3) is 0 Å². The van der Waals surface area contributed by atoms with E-state index in [4.69, 9.17) is 0 Å². The van der Waals surface area contributed by atoms with Gasteiger partial charge >= 0.3 is 0 Å². The maximum Gasteiger partial charge on any atom is 0.293 e. The maximum atomic E-state index is 9.60. The lowest BCUT2D eigenvalue weighted by Crippen LogP contribution is -2.49. The van der Waals surface area contributed by atoms with Crippen LogP contribution >= 0.6 is 0 Å². The molecule has 0 aromatic heterocycles. The molecule has 0 radical (unpaired) electrons. The number of rotatable bonds is 3. The molecule has 0 atom stereocenters. The molecule has 1 N–H and O–H groups in total. The number of carbonyl (C=O) groups excluding carboxylic acids is 1. The number of piperidine rings is 1. The molecule has 2 saturated heterocycles. The molecule has 0 aromatic rings. The maximum absolute atomic E-state index is 9.60. The van der Waals surface area contributed by atoms with Gasteiger partial charge in [-0.2, -0.15) is 0 Å². The van der Waals surface area contributed by atoms with Crippen LogP contribution in [0.5, 0.6) is 0 Å². The molecule has 0 aromatic carbocycles. The van der Waals surface area contributed by atoms with Crippen molar-refractivity contribution in [1.82, 2.24) is 10.2 Å².